The van der Waals surface area contributed by atoms with E-state index < -0.39 is 12.8 Å². The molecule has 0 saturated heterocycles. The summed E-state index contributed by atoms with van der Waals surface area (Å²) < 4.78 is 46.2. The Morgan fingerprint density at radius 1 is 1.15 bits per heavy atom. The summed E-state index contributed by atoms with van der Waals surface area (Å²) in [6.07, 6.45) is -3.43. The molecule has 0 radical (unpaired) electrons. The molecule has 0 aliphatic carbocycles. The number of hydrogen-bond donors (Lipinski definition) is 2. The van der Waals surface area contributed by atoms with Gasteiger partial charge in [-0.15, -0.1) is 24.0 Å². The van der Waals surface area contributed by atoms with E-state index in [2.05, 4.69) is 20.4 Å². The normalized spacial score (nSPS) is 11.8. The number of halogens is 4. The zero-order valence-electron chi connectivity index (χ0n) is 15.1. The van der Waals surface area contributed by atoms with Gasteiger partial charge in [-0.1, -0.05) is 24.3 Å². The second-order valence-corrected chi connectivity index (χ2v) is 5.33. The number of nitrogens with one attached hydrogen (secondary N) is 2. The zero-order chi connectivity index (χ0) is 18.5. The second kappa shape index (κ2) is 14.0. The van der Waals surface area contributed by atoms with Gasteiger partial charge in [0.15, 0.2) is 5.96 Å². The predicted molar refractivity (Wildman–Crippen MR) is 107 cm³/mol. The van der Waals surface area contributed by atoms with Crippen molar-refractivity contribution in [3.63, 3.8) is 0 Å². The van der Waals surface area contributed by atoms with Gasteiger partial charge in [0.25, 0.3) is 0 Å². The molecule has 0 spiro atoms. The third-order valence-corrected chi connectivity index (χ3v) is 3.17. The minimum absolute atomic E-state index is 0. The van der Waals surface area contributed by atoms with Crippen LogP contribution >= 0.6 is 24.0 Å². The quantitative estimate of drug-likeness (QED) is 0.229. The number of ether oxygens (including phenoxy) is 2. The molecule has 0 amide bonds. The third-order valence-electron chi connectivity index (χ3n) is 3.17. The maximum absolute atomic E-state index is 12.1. The summed E-state index contributed by atoms with van der Waals surface area (Å²) in [5.74, 6) is 0.662. The Labute approximate surface area is 169 Å². The molecule has 0 fully saturated rings. The Morgan fingerprint density at radius 2 is 1.88 bits per heavy atom. The minimum Gasteiger partial charge on any atom is -0.382 e. The molecular weight excluding hydrogens is 462 g/mol. The predicted octanol–water partition coefficient (Wildman–Crippen LogP) is 3.48. The largest absolute Gasteiger partial charge is 0.411 e. The standard InChI is InChI=1S/C17H26F3N3O2.HI/c1-3-24-9-5-8-22-16(21-2)23-11-14-6-4-7-15(10-14)12-25-13-17(18,19)20;/h4,6-7,10H,3,5,8-9,11-13H2,1-2H3,(H2,21,22,23);1H. The van der Waals surface area contributed by atoms with Gasteiger partial charge < -0.3 is 20.1 Å². The number of guanidine groups is 1. The van der Waals surface area contributed by atoms with Crippen molar-refractivity contribution in [1.82, 2.24) is 10.6 Å². The van der Waals surface area contributed by atoms with Crippen molar-refractivity contribution in [1.29, 1.82) is 0 Å². The summed E-state index contributed by atoms with van der Waals surface area (Å²) in [6, 6.07) is 7.23. The van der Waals surface area contributed by atoms with E-state index in [9.17, 15) is 13.2 Å². The fourth-order valence-electron chi connectivity index (χ4n) is 2.05. The number of benzene rings is 1. The molecule has 2 N–H and O–H groups in total. The van der Waals surface area contributed by atoms with Crippen molar-refractivity contribution in [2.24, 2.45) is 4.99 Å². The van der Waals surface area contributed by atoms with Crippen molar-refractivity contribution >= 4 is 29.9 Å². The average Bonchev–Trinajstić information content (AvgIpc) is 2.56. The molecule has 9 heteroatoms. The van der Waals surface area contributed by atoms with Gasteiger partial charge in [0.05, 0.1) is 6.61 Å². The maximum Gasteiger partial charge on any atom is 0.411 e. The Morgan fingerprint density at radius 3 is 2.54 bits per heavy atom. The van der Waals surface area contributed by atoms with E-state index in [0.717, 1.165) is 18.5 Å². The Bertz CT molecular complexity index is 528. The SMILES string of the molecule is CCOCCCNC(=NC)NCc1cccc(COCC(F)(F)F)c1.I. The Balaban J connectivity index is 0.00000625. The van der Waals surface area contributed by atoms with Crippen LogP contribution in [0.5, 0.6) is 0 Å². The number of aliphatic imine (C=N–C) groups is 1. The van der Waals surface area contributed by atoms with E-state index in [1.54, 1.807) is 19.2 Å². The Kier molecular flexibility index (Phi) is 13.5. The van der Waals surface area contributed by atoms with Crippen LogP contribution in [0.4, 0.5) is 13.2 Å². The molecule has 1 aromatic rings. The highest BCUT2D eigenvalue weighted by Gasteiger charge is 2.27. The molecule has 150 valence electrons. The van der Waals surface area contributed by atoms with E-state index in [4.69, 9.17) is 4.74 Å². The van der Waals surface area contributed by atoms with Gasteiger partial charge in [-0.25, -0.2) is 0 Å². The fraction of sp³-hybridized carbons (Fsp3) is 0.588. The van der Waals surface area contributed by atoms with Crippen molar-refractivity contribution in [3.8, 4) is 0 Å². The van der Waals surface area contributed by atoms with Crippen LogP contribution in [-0.4, -0.2) is 45.5 Å². The highest BCUT2D eigenvalue weighted by atomic mass is 127. The van der Waals surface area contributed by atoms with Crippen molar-refractivity contribution in [2.75, 3.05) is 33.4 Å². The summed E-state index contributed by atoms with van der Waals surface area (Å²) in [6.45, 7) is 3.29. The van der Waals surface area contributed by atoms with Crippen LogP contribution in [0.25, 0.3) is 0 Å². The lowest BCUT2D eigenvalue weighted by atomic mass is 10.1. The van der Waals surface area contributed by atoms with Gasteiger partial charge in [-0.2, -0.15) is 13.2 Å². The molecular formula is C17H27F3IN3O2. The molecule has 0 aliphatic rings. The highest BCUT2D eigenvalue weighted by Crippen LogP contribution is 2.16. The van der Waals surface area contributed by atoms with E-state index >= 15 is 0 Å². The van der Waals surface area contributed by atoms with Gasteiger partial charge in [0.1, 0.15) is 6.61 Å². The first-order valence-corrected chi connectivity index (χ1v) is 8.19. The molecule has 0 atom stereocenters. The fourth-order valence-corrected chi connectivity index (χ4v) is 2.05. The topological polar surface area (TPSA) is 54.9 Å². The van der Waals surface area contributed by atoms with Gasteiger partial charge >= 0.3 is 6.18 Å². The summed E-state index contributed by atoms with van der Waals surface area (Å²) in [4.78, 5) is 4.12. The second-order valence-electron chi connectivity index (χ2n) is 5.33. The van der Waals surface area contributed by atoms with E-state index in [0.29, 0.717) is 31.3 Å². The molecule has 1 rings (SSSR count). The summed E-state index contributed by atoms with van der Waals surface area (Å²) in [7, 11) is 1.68. The van der Waals surface area contributed by atoms with E-state index in [1.165, 1.54) is 0 Å². The third kappa shape index (κ3) is 12.3. The first-order valence-electron chi connectivity index (χ1n) is 8.19. The lowest BCUT2D eigenvalue weighted by Gasteiger charge is -2.13. The van der Waals surface area contributed by atoms with Crippen LogP contribution in [0.15, 0.2) is 29.3 Å². The molecule has 5 nitrogen and oxygen atoms in total. The smallest absolute Gasteiger partial charge is 0.382 e. The van der Waals surface area contributed by atoms with E-state index in [1.807, 2.05) is 19.1 Å². The number of nitrogens with zero attached hydrogens (tertiary/aromatic N) is 1. The maximum atomic E-state index is 12.1. The van der Waals surface area contributed by atoms with Gasteiger partial charge in [0, 0.05) is 33.4 Å². The lowest BCUT2D eigenvalue weighted by molar-refractivity contribution is -0.176. The molecule has 1 aromatic carbocycles. The van der Waals surface area contributed by atoms with Crippen LogP contribution in [0.3, 0.4) is 0 Å². The zero-order valence-corrected chi connectivity index (χ0v) is 17.4. The molecule has 0 aliphatic heterocycles. The molecule has 0 saturated carbocycles. The van der Waals surface area contributed by atoms with Gasteiger partial charge in [0.2, 0.25) is 0 Å². The van der Waals surface area contributed by atoms with E-state index in [-0.39, 0.29) is 30.6 Å². The number of hydrogen-bond acceptors (Lipinski definition) is 3. The molecule has 26 heavy (non-hydrogen) atoms. The van der Waals surface area contributed by atoms with Crippen molar-refractivity contribution < 1.29 is 22.6 Å². The highest BCUT2D eigenvalue weighted by molar-refractivity contribution is 14.0. The molecule has 0 heterocycles. The van der Waals surface area contributed by atoms with Crippen LogP contribution in [-0.2, 0) is 22.6 Å². The Hall–Kier alpha value is -1.07. The monoisotopic (exact) mass is 489 g/mol. The van der Waals surface area contributed by atoms with Gasteiger partial charge in [-0.05, 0) is 24.5 Å². The van der Waals surface area contributed by atoms with Crippen molar-refractivity contribution in [2.45, 2.75) is 32.7 Å². The molecule has 0 bridgehead atoms. The first-order chi connectivity index (χ1) is 11.9. The summed E-state index contributed by atoms with van der Waals surface area (Å²) in [5, 5.41) is 6.33. The molecule has 0 aromatic heterocycles. The first kappa shape index (κ1) is 24.9. The van der Waals surface area contributed by atoms with Crippen LogP contribution in [0.2, 0.25) is 0 Å². The van der Waals surface area contributed by atoms with Crippen LogP contribution in [0.1, 0.15) is 24.5 Å². The number of rotatable bonds is 10. The van der Waals surface area contributed by atoms with Crippen molar-refractivity contribution in [3.05, 3.63) is 35.4 Å². The minimum atomic E-state index is -4.31. The average molecular weight is 489 g/mol. The van der Waals surface area contributed by atoms with Crippen LogP contribution < -0.4 is 10.6 Å². The van der Waals surface area contributed by atoms with Crippen LogP contribution in [0, 0.1) is 0 Å². The number of alkyl halides is 3. The van der Waals surface area contributed by atoms with Gasteiger partial charge in [-0.3, -0.25) is 4.99 Å². The summed E-state index contributed by atoms with van der Waals surface area (Å²) in [5.41, 5.74) is 1.63. The molecule has 0 unspecified atom stereocenters. The summed E-state index contributed by atoms with van der Waals surface area (Å²) >= 11 is 0. The lowest BCUT2D eigenvalue weighted by Crippen LogP contribution is -2.37.